The predicted molar refractivity (Wildman–Crippen MR) is 65.4 cm³/mol. The minimum absolute atomic E-state index is 0.171. The van der Waals surface area contributed by atoms with Gasteiger partial charge in [0.05, 0.1) is 6.61 Å². The Bertz CT molecular complexity index is 310. The minimum Gasteiger partial charge on any atom is -0.494 e. The molecule has 1 nitrogen and oxygen atoms in total. The van der Waals surface area contributed by atoms with E-state index < -0.39 is 0 Å². The van der Waals surface area contributed by atoms with Crippen LogP contribution in [0.5, 0.6) is 5.75 Å². The second-order valence-corrected chi connectivity index (χ2v) is 4.17. The zero-order chi connectivity index (χ0) is 11.8. The van der Waals surface area contributed by atoms with Crippen molar-refractivity contribution in [1.29, 1.82) is 0 Å². The van der Waals surface area contributed by atoms with E-state index in [4.69, 9.17) is 4.74 Å². The quantitative estimate of drug-likeness (QED) is 0.620. The maximum atomic E-state index is 13.0. The summed E-state index contributed by atoms with van der Waals surface area (Å²) in [6.45, 7) is 4.69. The second kappa shape index (κ2) is 7.26. The highest BCUT2D eigenvalue weighted by Gasteiger charge is 1.99. The summed E-state index contributed by atoms with van der Waals surface area (Å²) < 4.78 is 18.5. The molecule has 0 aliphatic heterocycles. The van der Waals surface area contributed by atoms with E-state index in [2.05, 4.69) is 6.92 Å². The summed E-state index contributed by atoms with van der Waals surface area (Å²) in [6.07, 6.45) is 6.14. The van der Waals surface area contributed by atoms with Crippen LogP contribution < -0.4 is 4.74 Å². The van der Waals surface area contributed by atoms with E-state index in [1.54, 1.807) is 19.1 Å². The lowest BCUT2D eigenvalue weighted by Gasteiger charge is -2.07. The molecule has 0 heterocycles. The van der Waals surface area contributed by atoms with Crippen LogP contribution in [-0.2, 0) is 0 Å². The van der Waals surface area contributed by atoms with Gasteiger partial charge >= 0.3 is 0 Å². The molecule has 0 amide bonds. The van der Waals surface area contributed by atoms with Crippen molar-refractivity contribution < 1.29 is 9.13 Å². The molecule has 0 aromatic heterocycles. The van der Waals surface area contributed by atoms with E-state index >= 15 is 0 Å². The van der Waals surface area contributed by atoms with E-state index in [9.17, 15) is 4.39 Å². The van der Waals surface area contributed by atoms with E-state index in [-0.39, 0.29) is 5.82 Å². The molecule has 0 fully saturated rings. The molecule has 0 aliphatic carbocycles. The number of rotatable bonds is 7. The standard InChI is InChI=1S/C14H21FO/c1-3-4-5-6-7-10-16-13-8-9-14(15)12(2)11-13/h8-9,11H,3-7,10H2,1-2H3. The molecule has 0 N–H and O–H groups in total. The Morgan fingerprint density at radius 2 is 1.88 bits per heavy atom. The highest BCUT2D eigenvalue weighted by molar-refractivity contribution is 5.28. The van der Waals surface area contributed by atoms with Crippen LogP contribution in [0.25, 0.3) is 0 Å². The molecule has 1 aromatic carbocycles. The van der Waals surface area contributed by atoms with Gasteiger partial charge in [0.2, 0.25) is 0 Å². The lowest BCUT2D eigenvalue weighted by molar-refractivity contribution is 0.304. The first-order valence-corrected chi connectivity index (χ1v) is 6.13. The van der Waals surface area contributed by atoms with Crippen molar-refractivity contribution in [2.45, 2.75) is 46.0 Å². The molecule has 90 valence electrons. The number of benzene rings is 1. The summed E-state index contributed by atoms with van der Waals surface area (Å²) in [5.74, 6) is 0.602. The second-order valence-electron chi connectivity index (χ2n) is 4.17. The predicted octanol–water partition coefficient (Wildman–Crippen LogP) is 4.48. The molecule has 0 unspecified atom stereocenters. The van der Waals surface area contributed by atoms with Crippen LogP contribution in [0.15, 0.2) is 18.2 Å². The summed E-state index contributed by atoms with van der Waals surface area (Å²) in [6, 6.07) is 4.90. The normalized spacial score (nSPS) is 10.4. The number of hydrogen-bond acceptors (Lipinski definition) is 1. The van der Waals surface area contributed by atoms with Gasteiger partial charge in [-0.25, -0.2) is 4.39 Å². The fraction of sp³-hybridized carbons (Fsp3) is 0.571. The van der Waals surface area contributed by atoms with Gasteiger partial charge in [-0.3, -0.25) is 0 Å². The van der Waals surface area contributed by atoms with Gasteiger partial charge in [-0.05, 0) is 37.1 Å². The Morgan fingerprint density at radius 1 is 1.12 bits per heavy atom. The molecule has 1 aromatic rings. The molecule has 0 atom stereocenters. The molecule has 0 radical (unpaired) electrons. The number of ether oxygens (including phenoxy) is 1. The van der Waals surface area contributed by atoms with Gasteiger partial charge in [-0.2, -0.15) is 0 Å². The molecular formula is C14H21FO. The van der Waals surface area contributed by atoms with Gasteiger partial charge in [-0.15, -0.1) is 0 Å². The van der Waals surface area contributed by atoms with Crippen LogP contribution in [0.2, 0.25) is 0 Å². The average molecular weight is 224 g/mol. The molecule has 0 aliphatic rings. The molecule has 0 saturated heterocycles. The summed E-state index contributed by atoms with van der Waals surface area (Å²) in [5.41, 5.74) is 0.642. The summed E-state index contributed by atoms with van der Waals surface area (Å²) >= 11 is 0. The first-order valence-electron chi connectivity index (χ1n) is 6.13. The molecule has 0 saturated carbocycles. The van der Waals surface area contributed by atoms with Gasteiger partial charge in [0.25, 0.3) is 0 Å². The molecule has 0 bridgehead atoms. The SMILES string of the molecule is CCCCCCCOc1ccc(F)c(C)c1. The number of aryl methyl sites for hydroxylation is 1. The van der Waals surface area contributed by atoms with Crippen LogP contribution in [0.4, 0.5) is 4.39 Å². The van der Waals surface area contributed by atoms with Gasteiger partial charge < -0.3 is 4.74 Å². The van der Waals surface area contributed by atoms with Crippen molar-refractivity contribution in [2.75, 3.05) is 6.61 Å². The fourth-order valence-electron chi connectivity index (χ4n) is 1.60. The third-order valence-corrected chi connectivity index (χ3v) is 2.65. The van der Waals surface area contributed by atoms with E-state index in [0.717, 1.165) is 18.8 Å². The van der Waals surface area contributed by atoms with E-state index in [1.165, 1.54) is 31.7 Å². The van der Waals surface area contributed by atoms with Crippen molar-refractivity contribution in [3.63, 3.8) is 0 Å². The summed E-state index contributed by atoms with van der Waals surface area (Å²) in [7, 11) is 0. The first-order chi connectivity index (χ1) is 7.74. The molecule has 16 heavy (non-hydrogen) atoms. The number of unbranched alkanes of at least 4 members (excludes halogenated alkanes) is 4. The van der Waals surface area contributed by atoms with Crippen molar-refractivity contribution in [2.24, 2.45) is 0 Å². The smallest absolute Gasteiger partial charge is 0.126 e. The van der Waals surface area contributed by atoms with Crippen LogP contribution >= 0.6 is 0 Å². The van der Waals surface area contributed by atoms with Gasteiger partial charge in [-0.1, -0.05) is 32.6 Å². The minimum atomic E-state index is -0.171. The molecule has 0 spiro atoms. The van der Waals surface area contributed by atoms with Crippen molar-refractivity contribution >= 4 is 0 Å². The molecule has 1 rings (SSSR count). The van der Waals surface area contributed by atoms with E-state index in [0.29, 0.717) is 5.56 Å². The zero-order valence-electron chi connectivity index (χ0n) is 10.3. The third-order valence-electron chi connectivity index (χ3n) is 2.65. The maximum Gasteiger partial charge on any atom is 0.126 e. The highest BCUT2D eigenvalue weighted by Crippen LogP contribution is 2.16. The zero-order valence-corrected chi connectivity index (χ0v) is 10.3. The molecular weight excluding hydrogens is 203 g/mol. The van der Waals surface area contributed by atoms with Crippen molar-refractivity contribution in [1.82, 2.24) is 0 Å². The Balaban J connectivity index is 2.19. The fourth-order valence-corrected chi connectivity index (χ4v) is 1.60. The van der Waals surface area contributed by atoms with E-state index in [1.807, 2.05) is 0 Å². The van der Waals surface area contributed by atoms with Gasteiger partial charge in [0.15, 0.2) is 0 Å². The largest absolute Gasteiger partial charge is 0.494 e. The lowest BCUT2D eigenvalue weighted by Crippen LogP contribution is -1.98. The molecule has 2 heteroatoms. The highest BCUT2D eigenvalue weighted by atomic mass is 19.1. The van der Waals surface area contributed by atoms with Crippen LogP contribution in [0.1, 0.15) is 44.6 Å². The summed E-state index contributed by atoms with van der Waals surface area (Å²) in [5, 5.41) is 0. The Hall–Kier alpha value is -1.05. The van der Waals surface area contributed by atoms with Crippen LogP contribution in [0, 0.1) is 12.7 Å². The van der Waals surface area contributed by atoms with Crippen molar-refractivity contribution in [3.05, 3.63) is 29.6 Å². The summed E-state index contributed by atoms with van der Waals surface area (Å²) in [4.78, 5) is 0. The number of hydrogen-bond donors (Lipinski definition) is 0. The van der Waals surface area contributed by atoms with Gasteiger partial charge in [0.1, 0.15) is 11.6 Å². The lowest BCUT2D eigenvalue weighted by atomic mass is 10.2. The monoisotopic (exact) mass is 224 g/mol. The van der Waals surface area contributed by atoms with Crippen molar-refractivity contribution in [3.8, 4) is 5.75 Å². The Kier molecular flexibility index (Phi) is 5.91. The third kappa shape index (κ3) is 4.65. The average Bonchev–Trinajstić information content (AvgIpc) is 2.28. The first kappa shape index (κ1) is 13.0. The maximum absolute atomic E-state index is 13.0. The number of halogens is 1. The Labute approximate surface area is 97.6 Å². The van der Waals surface area contributed by atoms with Gasteiger partial charge in [0, 0.05) is 0 Å². The van der Waals surface area contributed by atoms with Crippen LogP contribution in [-0.4, -0.2) is 6.61 Å². The topological polar surface area (TPSA) is 9.23 Å². The Morgan fingerprint density at radius 3 is 2.56 bits per heavy atom. The van der Waals surface area contributed by atoms with Crippen LogP contribution in [0.3, 0.4) is 0 Å².